The molecule has 0 saturated carbocycles. The summed E-state index contributed by atoms with van der Waals surface area (Å²) in [4.78, 5) is 16.0. The van der Waals surface area contributed by atoms with Crippen molar-refractivity contribution in [2.75, 3.05) is 14.2 Å². The molecule has 0 aliphatic rings. The molecule has 0 atom stereocenters. The molecule has 1 heterocycles. The van der Waals surface area contributed by atoms with Crippen molar-refractivity contribution in [1.82, 2.24) is 10.3 Å². The summed E-state index contributed by atoms with van der Waals surface area (Å²) in [6.07, 6.45) is 1.59. The SMILES string of the molecule is COc1ccc(CNC(=O)c2ccc(Br)cn2)c(OC)c1. The van der Waals surface area contributed by atoms with Gasteiger partial charge in [-0.15, -0.1) is 0 Å². The largest absolute Gasteiger partial charge is 0.497 e. The average Bonchev–Trinajstić information content (AvgIpc) is 2.53. The summed E-state index contributed by atoms with van der Waals surface area (Å²) in [6.45, 7) is 0.351. The average molecular weight is 351 g/mol. The monoisotopic (exact) mass is 350 g/mol. The standard InChI is InChI=1S/C15H15BrN2O3/c1-20-12-5-3-10(14(7-12)21-2)8-18-15(19)13-6-4-11(16)9-17-13/h3-7,9H,8H2,1-2H3,(H,18,19). The first-order valence-corrected chi connectivity index (χ1v) is 7.04. The first-order chi connectivity index (χ1) is 10.1. The number of hydrogen-bond acceptors (Lipinski definition) is 4. The van der Waals surface area contributed by atoms with Crippen LogP contribution in [0.4, 0.5) is 0 Å². The number of amides is 1. The van der Waals surface area contributed by atoms with E-state index < -0.39 is 0 Å². The van der Waals surface area contributed by atoms with Crippen molar-refractivity contribution in [3.63, 3.8) is 0 Å². The molecule has 110 valence electrons. The lowest BCUT2D eigenvalue weighted by Gasteiger charge is -2.11. The highest BCUT2D eigenvalue weighted by atomic mass is 79.9. The molecule has 1 aromatic carbocycles. The van der Waals surface area contributed by atoms with Crippen LogP contribution < -0.4 is 14.8 Å². The van der Waals surface area contributed by atoms with Crippen LogP contribution in [-0.4, -0.2) is 25.1 Å². The smallest absolute Gasteiger partial charge is 0.270 e. The van der Waals surface area contributed by atoms with E-state index in [1.54, 1.807) is 38.6 Å². The minimum absolute atomic E-state index is 0.236. The fourth-order valence-electron chi connectivity index (χ4n) is 1.77. The Balaban J connectivity index is 2.05. The molecular weight excluding hydrogens is 336 g/mol. The second-order valence-corrected chi connectivity index (χ2v) is 5.14. The number of carbonyl (C=O) groups is 1. The van der Waals surface area contributed by atoms with Gasteiger partial charge in [-0.25, -0.2) is 4.98 Å². The van der Waals surface area contributed by atoms with Crippen molar-refractivity contribution in [3.8, 4) is 11.5 Å². The maximum atomic E-state index is 12.0. The van der Waals surface area contributed by atoms with Crippen LogP contribution in [0.25, 0.3) is 0 Å². The molecule has 1 N–H and O–H groups in total. The second-order valence-electron chi connectivity index (χ2n) is 4.22. The minimum Gasteiger partial charge on any atom is -0.497 e. The third-order valence-corrected chi connectivity index (χ3v) is 3.36. The van der Waals surface area contributed by atoms with Gasteiger partial charge in [0.05, 0.1) is 14.2 Å². The van der Waals surface area contributed by atoms with Crippen molar-refractivity contribution in [1.29, 1.82) is 0 Å². The molecule has 21 heavy (non-hydrogen) atoms. The Morgan fingerprint density at radius 1 is 1.24 bits per heavy atom. The minimum atomic E-state index is -0.236. The number of nitrogens with zero attached hydrogens (tertiary/aromatic N) is 1. The summed E-state index contributed by atoms with van der Waals surface area (Å²) in [5.41, 5.74) is 1.23. The maximum absolute atomic E-state index is 12.0. The molecule has 2 aromatic rings. The van der Waals surface area contributed by atoms with E-state index in [2.05, 4.69) is 26.2 Å². The van der Waals surface area contributed by atoms with E-state index in [9.17, 15) is 4.79 Å². The van der Waals surface area contributed by atoms with Gasteiger partial charge < -0.3 is 14.8 Å². The second kappa shape index (κ2) is 7.08. The van der Waals surface area contributed by atoms with Crippen LogP contribution in [0, 0.1) is 0 Å². The Labute approximate surface area is 131 Å². The van der Waals surface area contributed by atoms with Gasteiger partial charge >= 0.3 is 0 Å². The third-order valence-electron chi connectivity index (χ3n) is 2.89. The summed E-state index contributed by atoms with van der Waals surface area (Å²) in [5, 5.41) is 2.81. The number of rotatable bonds is 5. The van der Waals surface area contributed by atoms with Crippen molar-refractivity contribution < 1.29 is 14.3 Å². The van der Waals surface area contributed by atoms with Crippen molar-refractivity contribution in [2.24, 2.45) is 0 Å². The van der Waals surface area contributed by atoms with Gasteiger partial charge in [-0.2, -0.15) is 0 Å². The molecule has 0 aliphatic carbocycles. The number of nitrogens with one attached hydrogen (secondary N) is 1. The molecule has 0 spiro atoms. The molecule has 0 fully saturated rings. The highest BCUT2D eigenvalue weighted by molar-refractivity contribution is 9.10. The molecule has 0 aliphatic heterocycles. The van der Waals surface area contributed by atoms with E-state index in [0.29, 0.717) is 23.7 Å². The summed E-state index contributed by atoms with van der Waals surface area (Å²) < 4.78 is 11.3. The first-order valence-electron chi connectivity index (χ1n) is 6.24. The number of halogens is 1. The van der Waals surface area contributed by atoms with Crippen molar-refractivity contribution in [2.45, 2.75) is 6.54 Å². The molecule has 0 radical (unpaired) electrons. The Hall–Kier alpha value is -2.08. The lowest BCUT2D eigenvalue weighted by atomic mass is 10.2. The third kappa shape index (κ3) is 3.95. The Morgan fingerprint density at radius 2 is 2.05 bits per heavy atom. The molecule has 0 unspecified atom stereocenters. The number of ether oxygens (including phenoxy) is 2. The molecule has 6 heteroatoms. The highest BCUT2D eigenvalue weighted by Crippen LogP contribution is 2.24. The molecule has 0 saturated heterocycles. The number of carbonyl (C=O) groups excluding carboxylic acids is 1. The fraction of sp³-hybridized carbons (Fsp3) is 0.200. The summed E-state index contributed by atoms with van der Waals surface area (Å²) in [7, 11) is 3.17. The van der Waals surface area contributed by atoms with Gasteiger partial charge in [0.15, 0.2) is 0 Å². The number of aromatic nitrogens is 1. The first kappa shape index (κ1) is 15.3. The quantitative estimate of drug-likeness (QED) is 0.900. The normalized spacial score (nSPS) is 10.0. The molecular formula is C15H15BrN2O3. The van der Waals surface area contributed by atoms with E-state index >= 15 is 0 Å². The number of pyridine rings is 1. The fourth-order valence-corrected chi connectivity index (χ4v) is 2.01. The maximum Gasteiger partial charge on any atom is 0.270 e. The topological polar surface area (TPSA) is 60.5 Å². The van der Waals surface area contributed by atoms with Crippen LogP contribution >= 0.6 is 15.9 Å². The summed E-state index contributed by atoms with van der Waals surface area (Å²) in [5.74, 6) is 1.13. The molecule has 1 amide bonds. The Morgan fingerprint density at radius 3 is 2.67 bits per heavy atom. The van der Waals surface area contributed by atoms with Gasteiger partial charge in [0.2, 0.25) is 0 Å². The van der Waals surface area contributed by atoms with Crippen LogP contribution in [0.3, 0.4) is 0 Å². The van der Waals surface area contributed by atoms with Crippen LogP contribution in [0.5, 0.6) is 11.5 Å². The van der Waals surface area contributed by atoms with Gasteiger partial charge in [0.1, 0.15) is 17.2 Å². The zero-order valence-corrected chi connectivity index (χ0v) is 13.3. The van der Waals surface area contributed by atoms with E-state index in [1.807, 2.05) is 12.1 Å². The summed E-state index contributed by atoms with van der Waals surface area (Å²) >= 11 is 3.28. The number of hydrogen-bond donors (Lipinski definition) is 1. The van der Waals surface area contributed by atoms with Gasteiger partial charge in [0, 0.05) is 28.8 Å². The molecule has 2 rings (SSSR count). The van der Waals surface area contributed by atoms with Crippen molar-refractivity contribution >= 4 is 21.8 Å². The van der Waals surface area contributed by atoms with Crippen LogP contribution in [0.15, 0.2) is 41.0 Å². The molecule has 1 aromatic heterocycles. The molecule has 0 bridgehead atoms. The van der Waals surface area contributed by atoms with Crippen LogP contribution in [0.2, 0.25) is 0 Å². The number of methoxy groups -OCH3 is 2. The van der Waals surface area contributed by atoms with Crippen LogP contribution in [0.1, 0.15) is 16.1 Å². The van der Waals surface area contributed by atoms with E-state index in [4.69, 9.17) is 9.47 Å². The van der Waals surface area contributed by atoms with Gasteiger partial charge in [0.25, 0.3) is 5.91 Å². The van der Waals surface area contributed by atoms with E-state index in [-0.39, 0.29) is 5.91 Å². The Kier molecular flexibility index (Phi) is 5.16. The van der Waals surface area contributed by atoms with Gasteiger partial charge in [-0.05, 0) is 40.2 Å². The molecule has 5 nitrogen and oxygen atoms in total. The Bertz CT molecular complexity index is 629. The summed E-state index contributed by atoms with van der Waals surface area (Å²) in [6, 6.07) is 8.88. The van der Waals surface area contributed by atoms with Crippen LogP contribution in [-0.2, 0) is 6.54 Å². The predicted octanol–water partition coefficient (Wildman–Crippen LogP) is 2.79. The van der Waals surface area contributed by atoms with Gasteiger partial charge in [-0.1, -0.05) is 0 Å². The predicted molar refractivity (Wildman–Crippen MR) is 82.7 cm³/mol. The van der Waals surface area contributed by atoms with E-state index in [1.165, 1.54) is 0 Å². The zero-order valence-electron chi connectivity index (χ0n) is 11.7. The van der Waals surface area contributed by atoms with Gasteiger partial charge in [-0.3, -0.25) is 4.79 Å². The highest BCUT2D eigenvalue weighted by Gasteiger charge is 2.09. The lowest BCUT2D eigenvalue weighted by Crippen LogP contribution is -2.24. The zero-order chi connectivity index (χ0) is 15.2. The van der Waals surface area contributed by atoms with E-state index in [0.717, 1.165) is 10.0 Å². The number of benzene rings is 1. The lowest BCUT2D eigenvalue weighted by molar-refractivity contribution is 0.0945. The van der Waals surface area contributed by atoms with Crippen molar-refractivity contribution in [3.05, 3.63) is 52.3 Å².